The number of fused-ring (bicyclic) bond motifs is 1. The number of thiophene rings is 1. The van der Waals surface area contributed by atoms with Crippen molar-refractivity contribution in [3.8, 4) is 0 Å². The number of hydrogen-bond acceptors (Lipinski definition) is 6. The maximum atomic E-state index is 13.1. The van der Waals surface area contributed by atoms with Crippen LogP contribution in [0.25, 0.3) is 10.1 Å². The number of sulfonamides is 1. The number of esters is 1. The van der Waals surface area contributed by atoms with Crippen LogP contribution in [0.1, 0.15) is 15.9 Å². The van der Waals surface area contributed by atoms with E-state index in [1.165, 1.54) is 30.2 Å². The average Bonchev–Trinajstić information content (AvgIpc) is 3.23. The largest absolute Gasteiger partial charge is 0.465 e. The molecule has 0 bridgehead atoms. The third-order valence-electron chi connectivity index (χ3n) is 4.66. The first-order chi connectivity index (χ1) is 15.4. The molecule has 32 heavy (non-hydrogen) atoms. The second-order valence-electron chi connectivity index (χ2n) is 6.79. The van der Waals surface area contributed by atoms with Crippen LogP contribution >= 0.6 is 34.7 Å². The molecule has 164 valence electrons. The molecule has 0 saturated carbocycles. The first-order valence-electron chi connectivity index (χ1n) is 9.47. The predicted molar refractivity (Wildman–Crippen MR) is 131 cm³/mol. The third kappa shape index (κ3) is 4.94. The van der Waals surface area contributed by atoms with E-state index in [4.69, 9.17) is 16.3 Å². The summed E-state index contributed by atoms with van der Waals surface area (Å²) in [7, 11) is -2.46. The first kappa shape index (κ1) is 22.7. The van der Waals surface area contributed by atoms with Gasteiger partial charge in [-0.1, -0.05) is 48.0 Å². The van der Waals surface area contributed by atoms with Gasteiger partial charge >= 0.3 is 5.97 Å². The van der Waals surface area contributed by atoms with E-state index in [-0.39, 0.29) is 4.21 Å². The summed E-state index contributed by atoms with van der Waals surface area (Å²) in [5, 5.41) is 1.29. The highest BCUT2D eigenvalue weighted by Crippen LogP contribution is 2.36. The molecule has 9 heteroatoms. The quantitative estimate of drug-likeness (QED) is 0.232. The number of ether oxygens (including phenoxy) is 1. The van der Waals surface area contributed by atoms with Gasteiger partial charge in [-0.2, -0.15) is 0 Å². The number of nitrogens with one attached hydrogen (secondary N) is 1. The van der Waals surface area contributed by atoms with Gasteiger partial charge in [0.1, 0.15) is 4.21 Å². The van der Waals surface area contributed by atoms with Crippen LogP contribution in [0.2, 0.25) is 5.02 Å². The zero-order chi connectivity index (χ0) is 22.7. The summed E-state index contributed by atoms with van der Waals surface area (Å²) in [6.07, 6.45) is 0. The van der Waals surface area contributed by atoms with Gasteiger partial charge in [0.25, 0.3) is 10.0 Å². The van der Waals surface area contributed by atoms with Gasteiger partial charge in [0.2, 0.25) is 0 Å². The van der Waals surface area contributed by atoms with Crippen molar-refractivity contribution in [3.05, 3.63) is 88.9 Å². The van der Waals surface area contributed by atoms with Crippen molar-refractivity contribution in [2.45, 2.75) is 14.9 Å². The molecule has 4 aromatic rings. The van der Waals surface area contributed by atoms with Crippen LogP contribution in [0.4, 0.5) is 5.69 Å². The molecule has 0 spiro atoms. The van der Waals surface area contributed by atoms with E-state index in [0.717, 1.165) is 15.6 Å². The number of anilines is 1. The molecule has 0 aliphatic rings. The van der Waals surface area contributed by atoms with Crippen LogP contribution in [0.15, 0.2) is 81.9 Å². The summed E-state index contributed by atoms with van der Waals surface area (Å²) >= 11 is 8.77. The minimum atomic E-state index is -3.80. The lowest BCUT2D eigenvalue weighted by atomic mass is 10.1. The highest BCUT2D eigenvalue weighted by atomic mass is 35.5. The SMILES string of the molecule is COC(=O)c1ccccc1CSc1ccc(Cl)cc1NS(=O)(=O)c1cc2ccccc2s1. The molecule has 0 aliphatic carbocycles. The summed E-state index contributed by atoms with van der Waals surface area (Å²) in [6, 6.07) is 21.4. The molecule has 0 atom stereocenters. The number of carbonyl (C=O) groups excluding carboxylic acids is 1. The van der Waals surface area contributed by atoms with Crippen molar-refractivity contribution in [1.82, 2.24) is 0 Å². The van der Waals surface area contributed by atoms with E-state index in [2.05, 4.69) is 4.72 Å². The fraction of sp³-hybridized carbons (Fsp3) is 0.0870. The third-order valence-corrected chi connectivity index (χ3v) is 8.97. The summed E-state index contributed by atoms with van der Waals surface area (Å²) < 4.78 is 34.8. The van der Waals surface area contributed by atoms with Crippen molar-refractivity contribution in [3.63, 3.8) is 0 Å². The molecule has 3 aromatic carbocycles. The Labute approximate surface area is 199 Å². The van der Waals surface area contributed by atoms with E-state index < -0.39 is 16.0 Å². The summed E-state index contributed by atoms with van der Waals surface area (Å²) in [6.45, 7) is 0. The van der Waals surface area contributed by atoms with Crippen molar-refractivity contribution in [1.29, 1.82) is 0 Å². The van der Waals surface area contributed by atoms with Gasteiger partial charge < -0.3 is 4.74 Å². The molecule has 0 unspecified atom stereocenters. The fourth-order valence-electron chi connectivity index (χ4n) is 3.10. The van der Waals surface area contributed by atoms with Crippen molar-refractivity contribution >= 4 is 66.5 Å². The monoisotopic (exact) mass is 503 g/mol. The van der Waals surface area contributed by atoms with Crippen LogP contribution in [0.5, 0.6) is 0 Å². The van der Waals surface area contributed by atoms with Gasteiger partial charge in [-0.05, 0) is 47.3 Å². The lowest BCUT2D eigenvalue weighted by molar-refractivity contribution is 0.0600. The number of hydrogen-bond donors (Lipinski definition) is 1. The molecule has 0 amide bonds. The van der Waals surface area contributed by atoms with Gasteiger partial charge in [0, 0.05) is 20.4 Å². The van der Waals surface area contributed by atoms with Gasteiger partial charge in [0.15, 0.2) is 0 Å². The Bertz CT molecular complexity index is 1370. The summed E-state index contributed by atoms with van der Waals surface area (Å²) in [5.74, 6) is 0.0350. The van der Waals surface area contributed by atoms with E-state index in [1.54, 1.807) is 36.4 Å². The highest BCUT2D eigenvalue weighted by molar-refractivity contribution is 7.99. The van der Waals surface area contributed by atoms with Crippen molar-refractivity contribution in [2.75, 3.05) is 11.8 Å². The molecule has 0 aliphatic heterocycles. The average molecular weight is 504 g/mol. The normalized spacial score (nSPS) is 11.4. The molecular formula is C23H18ClNO4S3. The smallest absolute Gasteiger partial charge is 0.338 e. The standard InChI is InChI=1S/C23H18ClNO4S3/c1-29-23(26)18-8-4-2-7-16(18)14-30-21-11-10-17(24)13-19(21)25-32(27,28)22-12-15-6-3-5-9-20(15)31-22/h2-13,25H,14H2,1H3. The maximum Gasteiger partial charge on any atom is 0.338 e. The summed E-state index contributed by atoms with van der Waals surface area (Å²) in [4.78, 5) is 12.7. The lowest BCUT2D eigenvalue weighted by Gasteiger charge is -2.13. The van der Waals surface area contributed by atoms with Crippen LogP contribution in [-0.4, -0.2) is 21.5 Å². The molecule has 4 rings (SSSR count). The number of rotatable bonds is 7. The van der Waals surface area contributed by atoms with E-state index in [1.807, 2.05) is 36.4 Å². The molecule has 0 saturated heterocycles. The number of methoxy groups -OCH3 is 1. The molecule has 0 fully saturated rings. The summed E-state index contributed by atoms with van der Waals surface area (Å²) in [5.41, 5.74) is 1.65. The number of thioether (sulfide) groups is 1. The van der Waals surface area contributed by atoms with E-state index in [0.29, 0.717) is 26.9 Å². The fourth-order valence-corrected chi connectivity index (χ4v) is 6.80. The molecular weight excluding hydrogens is 486 g/mol. The molecule has 5 nitrogen and oxygen atoms in total. The second kappa shape index (κ2) is 9.54. The Hall–Kier alpha value is -2.52. The topological polar surface area (TPSA) is 72.5 Å². The number of benzene rings is 3. The molecule has 1 N–H and O–H groups in total. The molecule has 1 heterocycles. The van der Waals surface area contributed by atoms with Gasteiger partial charge in [-0.3, -0.25) is 4.72 Å². The van der Waals surface area contributed by atoms with Crippen molar-refractivity contribution in [2.24, 2.45) is 0 Å². The van der Waals surface area contributed by atoms with Gasteiger partial charge in [-0.15, -0.1) is 23.1 Å². The molecule has 0 radical (unpaired) electrons. The highest BCUT2D eigenvalue weighted by Gasteiger charge is 2.20. The Balaban J connectivity index is 1.61. The number of halogens is 1. The van der Waals surface area contributed by atoms with Gasteiger partial charge in [0.05, 0.1) is 18.4 Å². The second-order valence-corrected chi connectivity index (χ2v) is 11.2. The van der Waals surface area contributed by atoms with Crippen LogP contribution in [0.3, 0.4) is 0 Å². The van der Waals surface area contributed by atoms with Crippen molar-refractivity contribution < 1.29 is 17.9 Å². The van der Waals surface area contributed by atoms with Crippen LogP contribution in [0, 0.1) is 0 Å². The van der Waals surface area contributed by atoms with E-state index >= 15 is 0 Å². The molecule has 1 aromatic heterocycles. The van der Waals surface area contributed by atoms with Crippen LogP contribution in [-0.2, 0) is 20.5 Å². The van der Waals surface area contributed by atoms with Gasteiger partial charge in [-0.25, -0.2) is 13.2 Å². The zero-order valence-electron chi connectivity index (χ0n) is 16.9. The Morgan fingerprint density at radius 2 is 1.81 bits per heavy atom. The first-order valence-corrected chi connectivity index (χ1v) is 13.1. The Morgan fingerprint density at radius 3 is 2.59 bits per heavy atom. The lowest BCUT2D eigenvalue weighted by Crippen LogP contribution is -2.12. The number of carbonyl (C=O) groups is 1. The van der Waals surface area contributed by atoms with E-state index in [9.17, 15) is 13.2 Å². The zero-order valence-corrected chi connectivity index (χ0v) is 20.1. The Kier molecular flexibility index (Phi) is 6.76. The minimum Gasteiger partial charge on any atom is -0.465 e. The van der Waals surface area contributed by atoms with Crippen LogP contribution < -0.4 is 4.72 Å². The minimum absolute atomic E-state index is 0.227. The Morgan fingerprint density at radius 1 is 1.06 bits per heavy atom. The predicted octanol–water partition coefficient (Wildman–Crippen LogP) is 6.43. The maximum absolute atomic E-state index is 13.1.